The Labute approximate surface area is 178 Å². The molecule has 1 fully saturated rings. The molecule has 0 radical (unpaired) electrons. The van der Waals surface area contributed by atoms with E-state index in [0.717, 1.165) is 44.4 Å². The standard InChI is InChI=1S/C15H12ClN5S.C6H12O/c1-8-19-20-14(22-8)6-13-18-12-7-17-11-4-3-9(16)5-10(11)15(12)21(13)2;1-6-4-2-3-5-7-6/h3-5,7H,6H2,1-2H3;6H,2-5H2,1H3/t;6-/m.1/s1. The second-order valence-electron chi connectivity index (χ2n) is 7.31. The molecule has 0 amide bonds. The maximum Gasteiger partial charge on any atom is 0.124 e. The van der Waals surface area contributed by atoms with Crippen LogP contribution in [0.3, 0.4) is 0 Å². The van der Waals surface area contributed by atoms with Crippen molar-refractivity contribution >= 4 is 44.9 Å². The minimum absolute atomic E-state index is 0.536. The first-order chi connectivity index (χ1) is 14.0. The quantitative estimate of drug-likeness (QED) is 0.443. The van der Waals surface area contributed by atoms with Crippen molar-refractivity contribution in [2.45, 2.75) is 45.6 Å². The molecular formula is C21H24ClN5OS. The van der Waals surface area contributed by atoms with Gasteiger partial charge < -0.3 is 9.30 Å². The molecule has 1 aliphatic heterocycles. The molecule has 0 unspecified atom stereocenters. The number of rotatable bonds is 2. The summed E-state index contributed by atoms with van der Waals surface area (Å²) < 4.78 is 7.37. The van der Waals surface area contributed by atoms with Crippen LogP contribution < -0.4 is 0 Å². The van der Waals surface area contributed by atoms with Crippen molar-refractivity contribution in [3.05, 3.63) is 45.3 Å². The minimum Gasteiger partial charge on any atom is -0.379 e. The zero-order valence-electron chi connectivity index (χ0n) is 16.9. The average molecular weight is 430 g/mol. The fraction of sp³-hybridized carbons (Fsp3) is 0.429. The Balaban J connectivity index is 0.000000249. The minimum atomic E-state index is 0.536. The molecule has 0 bridgehead atoms. The maximum atomic E-state index is 6.14. The molecule has 5 rings (SSSR count). The van der Waals surface area contributed by atoms with Crippen molar-refractivity contribution in [2.24, 2.45) is 7.05 Å². The van der Waals surface area contributed by atoms with E-state index in [1.807, 2.05) is 32.2 Å². The van der Waals surface area contributed by atoms with E-state index in [-0.39, 0.29) is 0 Å². The van der Waals surface area contributed by atoms with E-state index in [2.05, 4.69) is 26.7 Å². The molecule has 8 heteroatoms. The van der Waals surface area contributed by atoms with Crippen LogP contribution in [0.4, 0.5) is 0 Å². The van der Waals surface area contributed by atoms with Crippen LogP contribution in [-0.2, 0) is 18.2 Å². The molecule has 3 aromatic heterocycles. The van der Waals surface area contributed by atoms with Crippen LogP contribution in [0.2, 0.25) is 5.02 Å². The number of hydrogen-bond donors (Lipinski definition) is 0. The smallest absolute Gasteiger partial charge is 0.124 e. The van der Waals surface area contributed by atoms with Gasteiger partial charge in [-0.25, -0.2) is 4.98 Å². The molecule has 29 heavy (non-hydrogen) atoms. The van der Waals surface area contributed by atoms with Gasteiger partial charge in [-0.05, 0) is 51.3 Å². The molecule has 0 aliphatic carbocycles. The van der Waals surface area contributed by atoms with Crippen molar-refractivity contribution in [3.8, 4) is 0 Å². The van der Waals surface area contributed by atoms with Gasteiger partial charge in [-0.2, -0.15) is 0 Å². The summed E-state index contributed by atoms with van der Waals surface area (Å²) in [6.07, 6.45) is 6.90. The fourth-order valence-electron chi connectivity index (χ4n) is 3.52. The van der Waals surface area contributed by atoms with Gasteiger partial charge in [-0.1, -0.05) is 11.6 Å². The number of imidazole rings is 1. The predicted molar refractivity (Wildman–Crippen MR) is 118 cm³/mol. The molecular weight excluding hydrogens is 406 g/mol. The number of hydrogen-bond acceptors (Lipinski definition) is 6. The lowest BCUT2D eigenvalue weighted by Crippen LogP contribution is -2.14. The Bertz CT molecular complexity index is 1130. The van der Waals surface area contributed by atoms with Gasteiger partial charge in [0.25, 0.3) is 0 Å². The summed E-state index contributed by atoms with van der Waals surface area (Å²) in [5, 5.41) is 11.9. The van der Waals surface area contributed by atoms with E-state index >= 15 is 0 Å². The van der Waals surface area contributed by atoms with Crippen LogP contribution >= 0.6 is 22.9 Å². The van der Waals surface area contributed by atoms with Crippen LogP contribution in [0.25, 0.3) is 21.9 Å². The number of halogens is 1. The second kappa shape index (κ2) is 8.73. The Morgan fingerprint density at radius 3 is 2.76 bits per heavy atom. The number of fused-ring (bicyclic) bond motifs is 3. The highest BCUT2D eigenvalue weighted by molar-refractivity contribution is 7.11. The number of benzene rings is 1. The molecule has 0 N–H and O–H groups in total. The monoisotopic (exact) mass is 429 g/mol. The summed E-state index contributed by atoms with van der Waals surface area (Å²) in [4.78, 5) is 9.15. The summed E-state index contributed by atoms with van der Waals surface area (Å²) in [6.45, 7) is 5.08. The van der Waals surface area contributed by atoms with Crippen molar-refractivity contribution in [1.29, 1.82) is 0 Å². The Kier molecular flexibility index (Phi) is 6.08. The lowest BCUT2D eigenvalue weighted by atomic mass is 10.1. The first kappa shape index (κ1) is 20.2. The van der Waals surface area contributed by atoms with Gasteiger partial charge in [0.05, 0.1) is 29.8 Å². The average Bonchev–Trinajstić information content (AvgIpc) is 3.26. The molecule has 4 heterocycles. The van der Waals surface area contributed by atoms with Gasteiger partial charge in [0.2, 0.25) is 0 Å². The SMILES string of the molecule is C[C@@H]1CCCCO1.Cc1nnc(Cc2nc3cnc4ccc(Cl)cc4c3n2C)s1. The van der Waals surface area contributed by atoms with Gasteiger partial charge in [0, 0.05) is 24.1 Å². The van der Waals surface area contributed by atoms with E-state index in [1.165, 1.54) is 19.3 Å². The van der Waals surface area contributed by atoms with Crippen LogP contribution in [0, 0.1) is 6.92 Å². The molecule has 0 spiro atoms. The number of ether oxygens (including phenoxy) is 1. The summed E-state index contributed by atoms with van der Waals surface area (Å²) in [5.41, 5.74) is 2.83. The maximum absolute atomic E-state index is 6.14. The topological polar surface area (TPSA) is 65.7 Å². The van der Waals surface area contributed by atoms with E-state index in [4.69, 9.17) is 21.3 Å². The van der Waals surface area contributed by atoms with Gasteiger partial charge >= 0.3 is 0 Å². The highest BCUT2D eigenvalue weighted by Gasteiger charge is 2.14. The zero-order valence-corrected chi connectivity index (χ0v) is 18.4. The van der Waals surface area contributed by atoms with Crippen molar-refractivity contribution in [2.75, 3.05) is 6.61 Å². The lowest BCUT2D eigenvalue weighted by molar-refractivity contribution is 0.0285. The molecule has 1 aliphatic rings. The third-order valence-electron chi connectivity index (χ3n) is 5.04. The molecule has 152 valence electrons. The van der Waals surface area contributed by atoms with Gasteiger partial charge in [0.1, 0.15) is 21.4 Å². The number of aromatic nitrogens is 5. The predicted octanol–water partition coefficient (Wildman–Crippen LogP) is 5.10. The van der Waals surface area contributed by atoms with Crippen LogP contribution in [-0.4, -0.2) is 37.4 Å². The Morgan fingerprint density at radius 2 is 2.10 bits per heavy atom. The van der Waals surface area contributed by atoms with E-state index in [9.17, 15) is 0 Å². The van der Waals surface area contributed by atoms with E-state index in [0.29, 0.717) is 17.5 Å². The van der Waals surface area contributed by atoms with E-state index < -0.39 is 0 Å². The fourth-order valence-corrected chi connectivity index (χ4v) is 4.40. The second-order valence-corrected chi connectivity index (χ2v) is 9.01. The Hall–Kier alpha value is -2.09. The molecule has 1 saturated heterocycles. The summed E-state index contributed by atoms with van der Waals surface area (Å²) in [6, 6.07) is 5.72. The van der Waals surface area contributed by atoms with Crippen molar-refractivity contribution in [1.82, 2.24) is 24.7 Å². The third-order valence-corrected chi connectivity index (χ3v) is 6.11. The normalized spacial score (nSPS) is 16.8. The lowest BCUT2D eigenvalue weighted by Gasteiger charge is -2.17. The molecule has 4 aromatic rings. The summed E-state index contributed by atoms with van der Waals surface area (Å²) in [7, 11) is 2.01. The number of nitrogens with zero attached hydrogens (tertiary/aromatic N) is 5. The van der Waals surface area contributed by atoms with Crippen molar-refractivity contribution < 1.29 is 4.74 Å². The van der Waals surface area contributed by atoms with Crippen LogP contribution in [0.1, 0.15) is 42.0 Å². The molecule has 1 aromatic carbocycles. The zero-order chi connectivity index (χ0) is 20.4. The van der Waals surface area contributed by atoms with Gasteiger partial charge in [-0.3, -0.25) is 4.98 Å². The first-order valence-corrected chi connectivity index (χ1v) is 11.0. The van der Waals surface area contributed by atoms with E-state index in [1.54, 1.807) is 17.5 Å². The number of aryl methyl sites for hydroxylation is 2. The Morgan fingerprint density at radius 1 is 1.24 bits per heavy atom. The largest absolute Gasteiger partial charge is 0.379 e. The first-order valence-electron chi connectivity index (χ1n) is 9.81. The summed E-state index contributed by atoms with van der Waals surface area (Å²) in [5.74, 6) is 0.945. The third kappa shape index (κ3) is 4.57. The summed E-state index contributed by atoms with van der Waals surface area (Å²) >= 11 is 7.73. The van der Waals surface area contributed by atoms with Crippen LogP contribution in [0.15, 0.2) is 24.4 Å². The molecule has 6 nitrogen and oxygen atoms in total. The molecule has 0 saturated carbocycles. The van der Waals surface area contributed by atoms with Crippen LogP contribution in [0.5, 0.6) is 0 Å². The highest BCUT2D eigenvalue weighted by atomic mass is 35.5. The highest BCUT2D eigenvalue weighted by Crippen LogP contribution is 2.27. The van der Waals surface area contributed by atoms with Gasteiger partial charge in [0.15, 0.2) is 0 Å². The van der Waals surface area contributed by atoms with Crippen molar-refractivity contribution in [3.63, 3.8) is 0 Å². The molecule has 1 atom stereocenters. The number of pyridine rings is 1. The van der Waals surface area contributed by atoms with Gasteiger partial charge in [-0.15, -0.1) is 21.5 Å².